The van der Waals surface area contributed by atoms with E-state index in [-0.39, 0.29) is 21.7 Å². The van der Waals surface area contributed by atoms with Crippen molar-refractivity contribution in [1.82, 2.24) is 0 Å². The number of aliphatic hydroxyl groups excluding tert-OH is 1. The van der Waals surface area contributed by atoms with Crippen molar-refractivity contribution in [3.63, 3.8) is 0 Å². The molecule has 0 aliphatic rings. The highest BCUT2D eigenvalue weighted by atomic mass is 31.2. The molecular formula is C57H70O8P2. The third-order valence-corrected chi connectivity index (χ3v) is 13.5. The normalized spacial score (nSPS) is 12.6. The van der Waals surface area contributed by atoms with Crippen molar-refractivity contribution in [2.75, 3.05) is 0 Å². The minimum Gasteiger partial charge on any atom is -0.409 e. The number of rotatable bonds is 17. The Labute approximate surface area is 402 Å². The van der Waals surface area contributed by atoms with Crippen molar-refractivity contribution < 1.29 is 37.4 Å². The first-order chi connectivity index (χ1) is 31.4. The molecule has 0 saturated heterocycles. The van der Waals surface area contributed by atoms with Gasteiger partial charge in [0.15, 0.2) is 6.29 Å². The van der Waals surface area contributed by atoms with Gasteiger partial charge in [-0.3, -0.25) is 0 Å². The molecular weight excluding hydrogens is 875 g/mol. The van der Waals surface area contributed by atoms with Gasteiger partial charge in [0.1, 0.15) is 34.5 Å². The second kappa shape index (κ2) is 21.0. The summed E-state index contributed by atoms with van der Waals surface area (Å²) in [7, 11) is -3.92. The molecule has 0 aliphatic heterocycles. The van der Waals surface area contributed by atoms with Crippen LogP contribution in [0.1, 0.15) is 123 Å². The molecule has 6 aromatic carbocycles. The van der Waals surface area contributed by atoms with Gasteiger partial charge in [-0.2, -0.15) is 0 Å². The standard InChI is InChI=1S/C57H70O8P2/c1-53(2,3)46-34-40(35-47(54(4,5)6)50(46)64-66(60-42-26-18-14-19-27-42)61-43-28-20-15-21-29-43)38-57(13,52(58)59)39-41-36-48(55(7,8)9)51(49(37-41)56(10,11)12)65-67(62-44-30-22-16-23-31-44)63-45-32-24-17-25-33-45/h14-37,52,58-59H,38-39H2,1-13H3. The number of para-hydroxylation sites is 4. The number of benzene rings is 6. The molecule has 0 amide bonds. The van der Waals surface area contributed by atoms with Crippen molar-refractivity contribution in [2.45, 2.75) is 131 Å². The Morgan fingerprint density at radius 3 is 0.776 bits per heavy atom. The molecule has 356 valence electrons. The van der Waals surface area contributed by atoms with Crippen LogP contribution in [0.15, 0.2) is 146 Å². The highest BCUT2D eigenvalue weighted by molar-refractivity contribution is 7.43. The van der Waals surface area contributed by atoms with Crippen LogP contribution in [0, 0.1) is 5.41 Å². The van der Waals surface area contributed by atoms with Crippen molar-refractivity contribution in [3.8, 4) is 34.5 Å². The van der Waals surface area contributed by atoms with Gasteiger partial charge in [-0.25, -0.2) is 0 Å². The van der Waals surface area contributed by atoms with Crippen LogP contribution < -0.4 is 27.1 Å². The number of aliphatic hydroxyl groups is 2. The zero-order chi connectivity index (χ0) is 48.8. The summed E-state index contributed by atoms with van der Waals surface area (Å²) in [5.41, 5.74) is 3.23. The van der Waals surface area contributed by atoms with E-state index in [1.165, 1.54) is 0 Å². The second-order valence-corrected chi connectivity index (χ2v) is 23.7. The van der Waals surface area contributed by atoms with E-state index in [2.05, 4.69) is 107 Å². The second-order valence-electron chi connectivity index (χ2n) is 21.7. The van der Waals surface area contributed by atoms with Crippen LogP contribution in [0.25, 0.3) is 0 Å². The molecule has 0 saturated carbocycles. The van der Waals surface area contributed by atoms with Gasteiger partial charge in [0.25, 0.3) is 0 Å². The highest BCUT2D eigenvalue weighted by Gasteiger charge is 2.38. The summed E-state index contributed by atoms with van der Waals surface area (Å²) in [5, 5.41) is 22.9. The zero-order valence-electron chi connectivity index (χ0n) is 41.6. The maximum absolute atomic E-state index is 11.5. The lowest BCUT2D eigenvalue weighted by Crippen LogP contribution is -2.37. The van der Waals surface area contributed by atoms with Gasteiger partial charge in [-0.05, 0) is 94.2 Å². The maximum Gasteiger partial charge on any atom is 0.530 e. The molecule has 2 N–H and O–H groups in total. The molecule has 0 bridgehead atoms. The average Bonchev–Trinajstić information content (AvgIpc) is 3.24. The summed E-state index contributed by atoms with van der Waals surface area (Å²) in [6.07, 6.45) is -0.922. The lowest BCUT2D eigenvalue weighted by molar-refractivity contribution is -0.128. The Balaban J connectivity index is 1.41. The van der Waals surface area contributed by atoms with E-state index in [9.17, 15) is 10.2 Å². The summed E-state index contributed by atoms with van der Waals surface area (Å²) in [5.74, 6) is 3.92. The first-order valence-corrected chi connectivity index (χ1v) is 25.2. The molecule has 6 aromatic rings. The fourth-order valence-electron chi connectivity index (χ4n) is 7.71. The van der Waals surface area contributed by atoms with Crippen molar-refractivity contribution in [1.29, 1.82) is 0 Å². The average molecular weight is 945 g/mol. The van der Waals surface area contributed by atoms with E-state index in [4.69, 9.17) is 27.1 Å². The largest absolute Gasteiger partial charge is 0.530 e. The smallest absolute Gasteiger partial charge is 0.409 e. The quantitative estimate of drug-likeness (QED) is 0.0690. The fourth-order valence-corrected chi connectivity index (χ4v) is 9.81. The van der Waals surface area contributed by atoms with Gasteiger partial charge in [-0.1, -0.05) is 187 Å². The number of hydrogen-bond donors (Lipinski definition) is 2. The Morgan fingerprint density at radius 2 is 0.582 bits per heavy atom. The Kier molecular flexibility index (Phi) is 16.1. The van der Waals surface area contributed by atoms with Crippen molar-refractivity contribution in [3.05, 3.63) is 179 Å². The predicted molar refractivity (Wildman–Crippen MR) is 275 cm³/mol. The molecule has 0 atom stereocenters. The molecule has 6 rings (SSSR count). The molecule has 0 fully saturated rings. The summed E-state index contributed by atoms with van der Waals surface area (Å²) in [6.45, 7) is 27.9. The molecule has 0 spiro atoms. The van der Waals surface area contributed by atoms with Crippen molar-refractivity contribution in [2.24, 2.45) is 5.41 Å². The summed E-state index contributed by atoms with van der Waals surface area (Å²) in [4.78, 5) is 0. The van der Waals surface area contributed by atoms with Crippen LogP contribution in [0.4, 0.5) is 0 Å². The van der Waals surface area contributed by atoms with E-state index in [0.717, 1.165) is 33.4 Å². The molecule has 0 unspecified atom stereocenters. The first kappa shape index (κ1) is 51.3. The molecule has 10 heteroatoms. The molecule has 0 aliphatic carbocycles. The maximum atomic E-state index is 11.5. The first-order valence-electron chi connectivity index (χ1n) is 23.0. The summed E-state index contributed by atoms with van der Waals surface area (Å²) in [6, 6.07) is 46.9. The molecule has 0 radical (unpaired) electrons. The van der Waals surface area contributed by atoms with Crippen LogP contribution in [-0.2, 0) is 34.5 Å². The van der Waals surface area contributed by atoms with Crippen LogP contribution in [0.3, 0.4) is 0 Å². The van der Waals surface area contributed by atoms with Crippen LogP contribution in [-0.4, -0.2) is 16.5 Å². The van der Waals surface area contributed by atoms with Gasteiger partial charge in [0.2, 0.25) is 0 Å². The van der Waals surface area contributed by atoms with E-state index in [1.54, 1.807) is 0 Å². The highest BCUT2D eigenvalue weighted by Crippen LogP contribution is 2.52. The van der Waals surface area contributed by atoms with E-state index < -0.39 is 28.9 Å². The predicted octanol–water partition coefficient (Wildman–Crippen LogP) is 15.5. The van der Waals surface area contributed by atoms with Gasteiger partial charge in [0, 0.05) is 27.7 Å². The Hall–Kier alpha value is -5.10. The van der Waals surface area contributed by atoms with E-state index in [0.29, 0.717) is 47.3 Å². The Bertz CT molecular complexity index is 2180. The van der Waals surface area contributed by atoms with E-state index >= 15 is 0 Å². The lowest BCUT2D eigenvalue weighted by Gasteiger charge is -2.36. The van der Waals surface area contributed by atoms with Crippen LogP contribution in [0.5, 0.6) is 34.5 Å². The fraction of sp³-hybridized carbons (Fsp3) is 0.368. The van der Waals surface area contributed by atoms with Crippen molar-refractivity contribution >= 4 is 17.2 Å². The van der Waals surface area contributed by atoms with Gasteiger partial charge in [-0.15, -0.1) is 0 Å². The summed E-state index contributed by atoms with van der Waals surface area (Å²) < 4.78 is 39.7. The zero-order valence-corrected chi connectivity index (χ0v) is 43.4. The summed E-state index contributed by atoms with van der Waals surface area (Å²) >= 11 is 0. The van der Waals surface area contributed by atoms with Gasteiger partial charge in [0.05, 0.1) is 0 Å². The SMILES string of the molecule is CC(C)(C)c1cc(CC(C)(Cc2cc(C(C)(C)C)c(OP(Oc3ccccc3)Oc3ccccc3)c(C(C)(C)C)c2)C(O)O)cc(C(C)(C)C)c1OP(Oc1ccccc1)Oc1ccccc1. The third-order valence-electron chi connectivity index (χ3n) is 11.4. The Morgan fingerprint density at radius 1 is 0.358 bits per heavy atom. The lowest BCUT2D eigenvalue weighted by atomic mass is 9.72. The van der Waals surface area contributed by atoms with Crippen LogP contribution in [0.2, 0.25) is 0 Å². The molecule has 0 heterocycles. The van der Waals surface area contributed by atoms with Gasteiger partial charge < -0.3 is 37.4 Å². The topological polar surface area (TPSA) is 95.8 Å². The molecule has 0 aromatic heterocycles. The molecule has 8 nitrogen and oxygen atoms in total. The van der Waals surface area contributed by atoms with Gasteiger partial charge >= 0.3 is 17.2 Å². The van der Waals surface area contributed by atoms with Crippen LogP contribution >= 0.6 is 17.2 Å². The molecule has 67 heavy (non-hydrogen) atoms. The minimum atomic E-state index is -1.96. The minimum absolute atomic E-state index is 0.363. The number of hydrogen-bond acceptors (Lipinski definition) is 8. The monoisotopic (exact) mass is 944 g/mol. The van der Waals surface area contributed by atoms with E-state index in [1.807, 2.05) is 128 Å². The third kappa shape index (κ3) is 14.0.